The molecule has 0 aliphatic heterocycles. The number of non-ortho nitro benzene ring substituents is 1. The van der Waals surface area contributed by atoms with Gasteiger partial charge in [-0.25, -0.2) is 0 Å². The molecule has 7 heteroatoms. The maximum Gasteiger partial charge on any atom is 0.287 e. The van der Waals surface area contributed by atoms with Crippen LogP contribution in [0.1, 0.15) is 16.1 Å². The van der Waals surface area contributed by atoms with E-state index in [2.05, 4.69) is 5.32 Å². The van der Waals surface area contributed by atoms with Crippen LogP contribution in [-0.2, 0) is 6.54 Å². The van der Waals surface area contributed by atoms with E-state index in [4.69, 9.17) is 4.42 Å². The Morgan fingerprint density at radius 3 is 2.54 bits per heavy atom. The zero-order valence-electron chi connectivity index (χ0n) is 12.4. The van der Waals surface area contributed by atoms with Crippen molar-refractivity contribution in [3.05, 3.63) is 86.3 Å². The summed E-state index contributed by atoms with van der Waals surface area (Å²) >= 11 is 0. The minimum Gasteiger partial charge on any atom is -0.451 e. The van der Waals surface area contributed by atoms with Gasteiger partial charge >= 0.3 is 0 Å². The fraction of sp³-hybridized carbons (Fsp3) is 0.0588. The third kappa shape index (κ3) is 3.14. The number of nitrogens with zero attached hydrogens (tertiary/aromatic N) is 1. The molecule has 24 heavy (non-hydrogen) atoms. The summed E-state index contributed by atoms with van der Waals surface area (Å²) in [5, 5.41) is 13.6. The maximum atomic E-state index is 12.1. The Morgan fingerprint density at radius 2 is 1.83 bits per heavy atom. The molecule has 1 heterocycles. The van der Waals surface area contributed by atoms with Crippen molar-refractivity contribution in [2.45, 2.75) is 6.54 Å². The van der Waals surface area contributed by atoms with Crippen molar-refractivity contribution in [3.63, 3.8) is 0 Å². The molecule has 0 spiro atoms. The molecule has 2 aromatic carbocycles. The van der Waals surface area contributed by atoms with Gasteiger partial charge < -0.3 is 9.73 Å². The number of para-hydroxylation sites is 1. The Morgan fingerprint density at radius 1 is 1.12 bits per heavy atom. The number of hydrogen-bond acceptors (Lipinski definition) is 5. The second kappa shape index (κ2) is 6.33. The molecule has 0 bridgehead atoms. The van der Waals surface area contributed by atoms with Crippen LogP contribution in [0, 0.1) is 10.1 Å². The van der Waals surface area contributed by atoms with Gasteiger partial charge in [0.2, 0.25) is 0 Å². The van der Waals surface area contributed by atoms with Crippen molar-refractivity contribution in [1.29, 1.82) is 0 Å². The van der Waals surface area contributed by atoms with Crippen LogP contribution in [0.4, 0.5) is 5.69 Å². The van der Waals surface area contributed by atoms with Crippen molar-refractivity contribution in [1.82, 2.24) is 5.32 Å². The number of fused-ring (bicyclic) bond motifs is 1. The monoisotopic (exact) mass is 324 g/mol. The quantitative estimate of drug-likeness (QED) is 0.587. The van der Waals surface area contributed by atoms with Crippen LogP contribution in [0.5, 0.6) is 0 Å². The molecule has 1 aromatic heterocycles. The van der Waals surface area contributed by atoms with Crippen LogP contribution in [0.3, 0.4) is 0 Å². The lowest BCUT2D eigenvalue weighted by atomic mass is 10.2. The van der Waals surface area contributed by atoms with Gasteiger partial charge in [-0.05, 0) is 17.7 Å². The SMILES string of the molecule is O=C(NCc1ccc([N+](=O)[O-])cc1)c1cc(=O)c2ccccc2o1. The molecule has 1 N–H and O–H groups in total. The molecular weight excluding hydrogens is 312 g/mol. The molecule has 7 nitrogen and oxygen atoms in total. The highest BCUT2D eigenvalue weighted by atomic mass is 16.6. The first-order valence-electron chi connectivity index (χ1n) is 7.09. The summed E-state index contributed by atoms with van der Waals surface area (Å²) in [6.07, 6.45) is 0. The Bertz CT molecular complexity index is 976. The number of amides is 1. The molecule has 0 aliphatic rings. The molecule has 3 rings (SSSR count). The molecule has 0 atom stereocenters. The van der Waals surface area contributed by atoms with E-state index < -0.39 is 10.8 Å². The highest BCUT2D eigenvalue weighted by Crippen LogP contribution is 2.13. The van der Waals surface area contributed by atoms with Gasteiger partial charge in [-0.15, -0.1) is 0 Å². The molecule has 0 saturated heterocycles. The molecular formula is C17H12N2O5. The molecule has 1 amide bonds. The van der Waals surface area contributed by atoms with Gasteiger partial charge in [0.1, 0.15) is 5.58 Å². The first-order chi connectivity index (χ1) is 11.5. The standard InChI is InChI=1S/C17H12N2O5/c20-14-9-16(24-15-4-2-1-3-13(14)15)17(21)18-10-11-5-7-12(8-6-11)19(22)23/h1-9H,10H2,(H,18,21). The van der Waals surface area contributed by atoms with Crippen molar-refractivity contribution in [2.75, 3.05) is 0 Å². The molecule has 0 unspecified atom stereocenters. The smallest absolute Gasteiger partial charge is 0.287 e. The topological polar surface area (TPSA) is 102 Å². The summed E-state index contributed by atoms with van der Waals surface area (Å²) in [4.78, 5) is 34.2. The number of nitro groups is 1. The van der Waals surface area contributed by atoms with Crippen molar-refractivity contribution >= 4 is 22.6 Å². The average Bonchev–Trinajstić information content (AvgIpc) is 2.60. The van der Waals surface area contributed by atoms with Gasteiger partial charge in [0.05, 0.1) is 10.3 Å². The van der Waals surface area contributed by atoms with Crippen LogP contribution in [0.25, 0.3) is 11.0 Å². The zero-order chi connectivity index (χ0) is 17.1. The largest absolute Gasteiger partial charge is 0.451 e. The van der Waals surface area contributed by atoms with Crippen LogP contribution in [-0.4, -0.2) is 10.8 Å². The highest BCUT2D eigenvalue weighted by Gasteiger charge is 2.12. The van der Waals surface area contributed by atoms with Gasteiger partial charge in [0, 0.05) is 24.7 Å². The number of nitrogens with one attached hydrogen (secondary N) is 1. The van der Waals surface area contributed by atoms with E-state index in [1.807, 2.05) is 0 Å². The lowest BCUT2D eigenvalue weighted by molar-refractivity contribution is -0.384. The van der Waals surface area contributed by atoms with Gasteiger partial charge in [-0.3, -0.25) is 19.7 Å². The summed E-state index contributed by atoms with van der Waals surface area (Å²) in [6.45, 7) is 0.160. The predicted octanol–water partition coefficient (Wildman–Crippen LogP) is 2.63. The fourth-order valence-corrected chi connectivity index (χ4v) is 2.22. The first-order valence-corrected chi connectivity index (χ1v) is 7.09. The van der Waals surface area contributed by atoms with Crippen LogP contribution < -0.4 is 10.7 Å². The Labute approximate surface area is 135 Å². The number of carbonyl (C=O) groups is 1. The molecule has 0 fully saturated rings. The molecule has 120 valence electrons. The van der Waals surface area contributed by atoms with E-state index in [0.717, 1.165) is 6.07 Å². The molecule has 0 radical (unpaired) electrons. The van der Waals surface area contributed by atoms with Crippen LogP contribution in [0.15, 0.2) is 63.8 Å². The predicted molar refractivity (Wildman–Crippen MR) is 86.8 cm³/mol. The summed E-state index contributed by atoms with van der Waals surface area (Å²) in [6, 6.07) is 13.6. The van der Waals surface area contributed by atoms with Crippen molar-refractivity contribution < 1.29 is 14.1 Å². The number of nitro benzene ring substituents is 1. The van der Waals surface area contributed by atoms with Gasteiger partial charge in [0.25, 0.3) is 11.6 Å². The van der Waals surface area contributed by atoms with E-state index in [0.29, 0.717) is 16.5 Å². The molecule has 3 aromatic rings. The van der Waals surface area contributed by atoms with E-state index in [1.165, 1.54) is 12.1 Å². The third-order valence-electron chi connectivity index (χ3n) is 3.46. The molecule has 0 aliphatic carbocycles. The van der Waals surface area contributed by atoms with E-state index in [-0.39, 0.29) is 23.4 Å². The molecule has 0 saturated carbocycles. The Kier molecular flexibility index (Phi) is 4.07. The number of benzene rings is 2. The number of carbonyl (C=O) groups excluding carboxylic acids is 1. The Hall–Kier alpha value is -3.48. The van der Waals surface area contributed by atoms with Crippen LogP contribution >= 0.6 is 0 Å². The Balaban J connectivity index is 1.75. The summed E-state index contributed by atoms with van der Waals surface area (Å²) in [5.41, 5.74) is 0.713. The van der Waals surface area contributed by atoms with E-state index in [1.54, 1.807) is 36.4 Å². The second-order valence-electron chi connectivity index (χ2n) is 5.08. The van der Waals surface area contributed by atoms with E-state index in [9.17, 15) is 19.7 Å². The first kappa shape index (κ1) is 15.4. The average molecular weight is 324 g/mol. The zero-order valence-corrected chi connectivity index (χ0v) is 12.4. The van der Waals surface area contributed by atoms with Crippen molar-refractivity contribution in [2.24, 2.45) is 0 Å². The number of hydrogen-bond donors (Lipinski definition) is 1. The van der Waals surface area contributed by atoms with Gasteiger partial charge in [-0.1, -0.05) is 24.3 Å². The van der Waals surface area contributed by atoms with Gasteiger partial charge in [-0.2, -0.15) is 0 Å². The second-order valence-corrected chi connectivity index (χ2v) is 5.08. The van der Waals surface area contributed by atoms with Crippen LogP contribution in [0.2, 0.25) is 0 Å². The number of rotatable bonds is 4. The fourth-order valence-electron chi connectivity index (χ4n) is 2.22. The summed E-state index contributed by atoms with van der Waals surface area (Å²) in [5.74, 6) is -0.614. The normalized spacial score (nSPS) is 10.5. The van der Waals surface area contributed by atoms with Crippen molar-refractivity contribution in [3.8, 4) is 0 Å². The maximum absolute atomic E-state index is 12.1. The third-order valence-corrected chi connectivity index (χ3v) is 3.46. The van der Waals surface area contributed by atoms with Gasteiger partial charge in [0.15, 0.2) is 11.2 Å². The minimum absolute atomic E-state index is 0.0226. The minimum atomic E-state index is -0.531. The lowest BCUT2D eigenvalue weighted by Crippen LogP contribution is -2.24. The summed E-state index contributed by atoms with van der Waals surface area (Å²) in [7, 11) is 0. The lowest BCUT2D eigenvalue weighted by Gasteiger charge is -2.05. The highest BCUT2D eigenvalue weighted by molar-refractivity contribution is 5.93. The van der Waals surface area contributed by atoms with E-state index >= 15 is 0 Å². The summed E-state index contributed by atoms with van der Waals surface area (Å²) < 4.78 is 5.44.